The van der Waals surface area contributed by atoms with Crippen molar-refractivity contribution >= 4 is 23.1 Å². The molecule has 0 aliphatic carbocycles. The third-order valence-corrected chi connectivity index (χ3v) is 2.74. The number of hydrogen-bond donors (Lipinski definition) is 0. The van der Waals surface area contributed by atoms with Gasteiger partial charge in [0.2, 0.25) is 11.1 Å². The molecule has 1 aromatic rings. The minimum Gasteiger partial charge on any atom is -0.377 e. The molecule has 1 saturated heterocycles. The molecule has 0 radical (unpaired) electrons. The minimum atomic E-state index is -0.506. The van der Waals surface area contributed by atoms with E-state index in [1.807, 2.05) is 11.8 Å². The molecule has 1 unspecified atom stereocenters. The summed E-state index contributed by atoms with van der Waals surface area (Å²) in [5.41, 5.74) is -0.136. The minimum absolute atomic E-state index is 0.00397. The summed E-state index contributed by atoms with van der Waals surface area (Å²) >= 11 is 5.69. The molecule has 17 heavy (non-hydrogen) atoms. The van der Waals surface area contributed by atoms with E-state index >= 15 is 0 Å². The average Bonchev–Trinajstić information content (AvgIpc) is 2.29. The Bertz CT molecular complexity index is 442. The molecule has 0 saturated carbocycles. The molecule has 2 rings (SSSR count). The fourth-order valence-electron chi connectivity index (χ4n) is 1.73. The zero-order valence-electron chi connectivity index (χ0n) is 9.17. The summed E-state index contributed by atoms with van der Waals surface area (Å²) in [7, 11) is 0. The van der Waals surface area contributed by atoms with Gasteiger partial charge in [-0.15, -0.1) is 0 Å². The maximum absolute atomic E-state index is 10.9. The van der Waals surface area contributed by atoms with E-state index in [1.165, 1.54) is 0 Å². The van der Waals surface area contributed by atoms with E-state index in [9.17, 15) is 10.1 Å². The molecule has 0 bridgehead atoms. The van der Waals surface area contributed by atoms with Gasteiger partial charge in [0.15, 0.2) is 0 Å². The van der Waals surface area contributed by atoms with E-state index < -0.39 is 4.92 Å². The lowest BCUT2D eigenvalue weighted by molar-refractivity contribution is -0.384. The fourth-order valence-corrected chi connectivity index (χ4v) is 1.86. The lowest BCUT2D eigenvalue weighted by atomic mass is 10.2. The molecule has 1 aliphatic heterocycles. The van der Waals surface area contributed by atoms with Crippen LogP contribution < -0.4 is 4.90 Å². The van der Waals surface area contributed by atoms with Gasteiger partial charge in [0, 0.05) is 6.54 Å². The molecule has 0 spiro atoms. The van der Waals surface area contributed by atoms with Gasteiger partial charge >= 0.3 is 5.69 Å². The highest BCUT2D eigenvalue weighted by atomic mass is 35.5. The summed E-state index contributed by atoms with van der Waals surface area (Å²) in [6, 6.07) is 0.0217. The topological polar surface area (TPSA) is 81.4 Å². The Morgan fingerprint density at radius 3 is 3.12 bits per heavy atom. The molecule has 1 fully saturated rings. The van der Waals surface area contributed by atoms with E-state index in [0.717, 1.165) is 6.20 Å². The Kier molecular flexibility index (Phi) is 3.39. The number of nitrogens with zero attached hydrogens (tertiary/aromatic N) is 4. The van der Waals surface area contributed by atoms with Crippen LogP contribution >= 0.6 is 11.6 Å². The predicted octanol–water partition coefficient (Wildman–Crippen LogP) is 1.26. The van der Waals surface area contributed by atoms with Crippen molar-refractivity contribution in [3.63, 3.8) is 0 Å². The first-order valence-electron chi connectivity index (χ1n) is 5.11. The monoisotopic (exact) mass is 258 g/mol. The molecule has 7 nitrogen and oxygen atoms in total. The predicted molar refractivity (Wildman–Crippen MR) is 61.3 cm³/mol. The Morgan fingerprint density at radius 2 is 2.47 bits per heavy atom. The number of halogens is 1. The van der Waals surface area contributed by atoms with Crippen molar-refractivity contribution in [1.82, 2.24) is 9.97 Å². The Balaban J connectivity index is 2.41. The van der Waals surface area contributed by atoms with Crippen LogP contribution in [0.15, 0.2) is 6.20 Å². The second-order valence-electron chi connectivity index (χ2n) is 3.72. The number of ether oxygens (including phenoxy) is 1. The van der Waals surface area contributed by atoms with Crippen LogP contribution in [0.2, 0.25) is 5.28 Å². The lowest BCUT2D eigenvalue weighted by Gasteiger charge is -2.33. The maximum Gasteiger partial charge on any atom is 0.329 e. The Morgan fingerprint density at radius 1 is 1.71 bits per heavy atom. The quantitative estimate of drug-likeness (QED) is 0.451. The van der Waals surface area contributed by atoms with Crippen molar-refractivity contribution in [2.45, 2.75) is 13.0 Å². The summed E-state index contributed by atoms with van der Waals surface area (Å²) in [6.07, 6.45) is 1.13. The SMILES string of the molecule is CC1COCCN1c1nc(Cl)ncc1[N+](=O)[O-]. The van der Waals surface area contributed by atoms with Crippen LogP contribution in [0.3, 0.4) is 0 Å². The summed E-state index contributed by atoms with van der Waals surface area (Å²) in [5.74, 6) is 0.255. The highest BCUT2D eigenvalue weighted by molar-refractivity contribution is 6.28. The standard InChI is InChI=1S/C9H11ClN4O3/c1-6-5-17-3-2-13(6)8-7(14(15)16)4-11-9(10)12-8/h4,6H,2-3,5H2,1H3. The van der Waals surface area contributed by atoms with Crippen LogP contribution in [0, 0.1) is 10.1 Å². The Labute approximate surface area is 103 Å². The molecular formula is C9H11ClN4O3. The number of nitro groups is 1. The van der Waals surface area contributed by atoms with Crippen LogP contribution in [-0.4, -0.2) is 40.7 Å². The van der Waals surface area contributed by atoms with Gasteiger partial charge in [-0.1, -0.05) is 0 Å². The third kappa shape index (κ3) is 2.45. The normalized spacial score (nSPS) is 20.4. The van der Waals surface area contributed by atoms with E-state index in [0.29, 0.717) is 19.8 Å². The molecule has 0 amide bonds. The van der Waals surface area contributed by atoms with Crippen molar-refractivity contribution in [1.29, 1.82) is 0 Å². The average molecular weight is 259 g/mol. The van der Waals surface area contributed by atoms with Gasteiger partial charge in [0.1, 0.15) is 6.20 Å². The maximum atomic E-state index is 10.9. The van der Waals surface area contributed by atoms with E-state index in [-0.39, 0.29) is 22.8 Å². The van der Waals surface area contributed by atoms with Gasteiger partial charge < -0.3 is 9.64 Å². The molecule has 8 heteroatoms. The number of hydrogen-bond acceptors (Lipinski definition) is 6. The second kappa shape index (κ2) is 4.80. The summed E-state index contributed by atoms with van der Waals surface area (Å²) < 4.78 is 5.28. The summed E-state index contributed by atoms with van der Waals surface area (Å²) in [6.45, 7) is 3.50. The molecule has 0 N–H and O–H groups in total. The largest absolute Gasteiger partial charge is 0.377 e. The molecule has 2 heterocycles. The molecule has 1 aromatic heterocycles. The molecule has 0 aromatic carbocycles. The number of anilines is 1. The highest BCUT2D eigenvalue weighted by Gasteiger charge is 2.28. The van der Waals surface area contributed by atoms with Gasteiger partial charge in [-0.2, -0.15) is 4.98 Å². The van der Waals surface area contributed by atoms with E-state index in [2.05, 4.69) is 9.97 Å². The van der Waals surface area contributed by atoms with Gasteiger partial charge in [0.25, 0.3) is 0 Å². The van der Waals surface area contributed by atoms with Crippen molar-refractivity contribution in [3.05, 3.63) is 21.6 Å². The summed E-state index contributed by atoms with van der Waals surface area (Å²) in [5, 5.41) is 10.9. The number of aromatic nitrogens is 2. The molecule has 92 valence electrons. The van der Waals surface area contributed by atoms with Crippen molar-refractivity contribution in [2.24, 2.45) is 0 Å². The zero-order chi connectivity index (χ0) is 12.4. The van der Waals surface area contributed by atoms with Gasteiger partial charge in [0.05, 0.1) is 24.2 Å². The second-order valence-corrected chi connectivity index (χ2v) is 4.06. The fraction of sp³-hybridized carbons (Fsp3) is 0.556. The molecule has 1 aliphatic rings. The first-order chi connectivity index (χ1) is 8.09. The zero-order valence-corrected chi connectivity index (χ0v) is 9.92. The van der Waals surface area contributed by atoms with Gasteiger partial charge in [-0.25, -0.2) is 4.98 Å². The summed E-state index contributed by atoms with van der Waals surface area (Å²) in [4.78, 5) is 19.8. The van der Waals surface area contributed by atoms with E-state index in [1.54, 1.807) is 0 Å². The van der Waals surface area contributed by atoms with Gasteiger partial charge in [-0.3, -0.25) is 10.1 Å². The van der Waals surface area contributed by atoms with Crippen molar-refractivity contribution in [2.75, 3.05) is 24.7 Å². The van der Waals surface area contributed by atoms with Crippen LogP contribution in [-0.2, 0) is 4.74 Å². The van der Waals surface area contributed by atoms with Crippen LogP contribution in [0.25, 0.3) is 0 Å². The first kappa shape index (κ1) is 12.0. The highest BCUT2D eigenvalue weighted by Crippen LogP contribution is 2.28. The molecular weight excluding hydrogens is 248 g/mol. The smallest absolute Gasteiger partial charge is 0.329 e. The first-order valence-corrected chi connectivity index (χ1v) is 5.48. The van der Waals surface area contributed by atoms with Crippen molar-refractivity contribution in [3.8, 4) is 0 Å². The molecule has 1 atom stereocenters. The van der Waals surface area contributed by atoms with Crippen LogP contribution in [0.1, 0.15) is 6.92 Å². The van der Waals surface area contributed by atoms with Gasteiger partial charge in [-0.05, 0) is 18.5 Å². The lowest BCUT2D eigenvalue weighted by Crippen LogP contribution is -2.44. The Hall–Kier alpha value is -1.47. The number of rotatable bonds is 2. The van der Waals surface area contributed by atoms with Crippen LogP contribution in [0.5, 0.6) is 0 Å². The number of morpholine rings is 1. The van der Waals surface area contributed by atoms with Crippen molar-refractivity contribution < 1.29 is 9.66 Å². The van der Waals surface area contributed by atoms with E-state index in [4.69, 9.17) is 16.3 Å². The third-order valence-electron chi connectivity index (χ3n) is 2.56. The van der Waals surface area contributed by atoms with Crippen LogP contribution in [0.4, 0.5) is 11.5 Å².